The Morgan fingerprint density at radius 1 is 1.21 bits per heavy atom. The van der Waals surface area contributed by atoms with Crippen molar-refractivity contribution in [1.82, 2.24) is 5.32 Å². The molecule has 3 aliphatic rings. The number of nitrogens with one attached hydrogen (secondary N) is 1. The van der Waals surface area contributed by atoms with Crippen molar-refractivity contribution in [2.75, 3.05) is 0 Å². The number of hydrogen-bond acceptors (Lipinski definition) is 2. The molecule has 0 radical (unpaired) electrons. The first-order chi connectivity index (χ1) is 9.04. The highest BCUT2D eigenvalue weighted by molar-refractivity contribution is 5.78. The number of nitrogens with two attached hydrogens (primary N) is 1. The summed E-state index contributed by atoms with van der Waals surface area (Å²) in [6.45, 7) is 4.43. The molecule has 3 N–H and O–H groups in total. The summed E-state index contributed by atoms with van der Waals surface area (Å²) in [5, 5.41) is 3.66. The van der Waals surface area contributed by atoms with E-state index < -0.39 is 0 Å². The van der Waals surface area contributed by atoms with E-state index in [1.54, 1.807) is 0 Å². The van der Waals surface area contributed by atoms with Gasteiger partial charge in [-0.1, -0.05) is 13.3 Å². The van der Waals surface area contributed by atoms with E-state index in [1.807, 2.05) is 0 Å². The molecule has 3 fully saturated rings. The Morgan fingerprint density at radius 2 is 2.00 bits per heavy atom. The van der Waals surface area contributed by atoms with Crippen molar-refractivity contribution in [3.63, 3.8) is 0 Å². The van der Waals surface area contributed by atoms with Gasteiger partial charge in [-0.25, -0.2) is 0 Å². The maximum atomic E-state index is 11.8. The molecule has 1 amide bonds. The van der Waals surface area contributed by atoms with Gasteiger partial charge in [-0.2, -0.15) is 0 Å². The van der Waals surface area contributed by atoms with Crippen LogP contribution in [0.4, 0.5) is 0 Å². The van der Waals surface area contributed by atoms with Crippen LogP contribution < -0.4 is 11.1 Å². The second-order valence-electron chi connectivity index (χ2n) is 7.49. The largest absolute Gasteiger partial charge is 0.369 e. The number of carbonyl (C=O) groups is 1. The fraction of sp³-hybridized carbons (Fsp3) is 0.938. The lowest BCUT2D eigenvalue weighted by Crippen LogP contribution is -2.55. The summed E-state index contributed by atoms with van der Waals surface area (Å²) in [4.78, 5) is 11.8. The zero-order chi connectivity index (χ0) is 13.6. The van der Waals surface area contributed by atoms with E-state index in [0.717, 1.165) is 24.2 Å². The molecule has 3 rings (SSSR count). The van der Waals surface area contributed by atoms with Gasteiger partial charge in [0.15, 0.2) is 0 Å². The fourth-order valence-corrected chi connectivity index (χ4v) is 5.32. The molecule has 7 atom stereocenters. The van der Waals surface area contributed by atoms with E-state index in [1.165, 1.54) is 32.1 Å². The molecular weight excluding hydrogens is 236 g/mol. The first-order valence-electron chi connectivity index (χ1n) is 8.10. The Kier molecular flexibility index (Phi) is 3.59. The number of fused-ring (bicyclic) bond motifs is 2. The third-order valence-electron chi connectivity index (χ3n) is 6.04. The van der Waals surface area contributed by atoms with Crippen LogP contribution >= 0.6 is 0 Å². The lowest BCUT2D eigenvalue weighted by atomic mass is 9.73. The molecule has 1 saturated heterocycles. The summed E-state index contributed by atoms with van der Waals surface area (Å²) in [5.74, 6) is 3.14. The minimum absolute atomic E-state index is 0.0373. The molecule has 0 aromatic rings. The summed E-state index contributed by atoms with van der Waals surface area (Å²) in [5.41, 5.74) is 5.66. The second kappa shape index (κ2) is 5.08. The number of carbonyl (C=O) groups excluding carboxylic acids is 1. The molecule has 1 heterocycles. The minimum Gasteiger partial charge on any atom is -0.369 e. The Morgan fingerprint density at radius 3 is 2.58 bits per heavy atom. The fourth-order valence-electron chi connectivity index (χ4n) is 5.32. The predicted molar refractivity (Wildman–Crippen MR) is 76.4 cm³/mol. The van der Waals surface area contributed by atoms with E-state index in [9.17, 15) is 4.79 Å². The van der Waals surface area contributed by atoms with Crippen molar-refractivity contribution in [3.05, 3.63) is 0 Å². The van der Waals surface area contributed by atoms with Gasteiger partial charge in [-0.05, 0) is 62.7 Å². The van der Waals surface area contributed by atoms with Crippen LogP contribution in [0.1, 0.15) is 52.4 Å². The molecule has 7 unspecified atom stereocenters. The van der Waals surface area contributed by atoms with Gasteiger partial charge in [0.05, 0.1) is 5.92 Å². The van der Waals surface area contributed by atoms with Gasteiger partial charge in [0.1, 0.15) is 0 Å². The van der Waals surface area contributed by atoms with Crippen LogP contribution in [-0.4, -0.2) is 18.0 Å². The van der Waals surface area contributed by atoms with Crippen LogP contribution in [0.5, 0.6) is 0 Å². The normalized spacial score (nSPS) is 49.5. The molecule has 0 aromatic heterocycles. The molecule has 19 heavy (non-hydrogen) atoms. The minimum atomic E-state index is -0.0972. The SMILES string of the molecule is CC1CC(C)C(C(N)=O)C(CC2CC3CCC2C3)N1. The van der Waals surface area contributed by atoms with E-state index in [2.05, 4.69) is 19.2 Å². The average Bonchev–Trinajstić information content (AvgIpc) is 2.88. The summed E-state index contributed by atoms with van der Waals surface area (Å²) < 4.78 is 0. The van der Waals surface area contributed by atoms with Gasteiger partial charge in [-0.3, -0.25) is 4.79 Å². The summed E-state index contributed by atoms with van der Waals surface area (Å²) >= 11 is 0. The lowest BCUT2D eigenvalue weighted by molar-refractivity contribution is -0.125. The smallest absolute Gasteiger partial charge is 0.222 e. The molecule has 3 nitrogen and oxygen atoms in total. The number of hydrogen-bond donors (Lipinski definition) is 2. The van der Waals surface area contributed by atoms with Gasteiger partial charge in [0.25, 0.3) is 0 Å². The van der Waals surface area contributed by atoms with E-state index in [4.69, 9.17) is 5.73 Å². The monoisotopic (exact) mass is 264 g/mol. The highest BCUT2D eigenvalue weighted by Gasteiger charge is 2.44. The Bertz CT molecular complexity index is 357. The van der Waals surface area contributed by atoms with Crippen molar-refractivity contribution in [2.45, 2.75) is 64.5 Å². The molecular formula is C16H28N2O. The molecule has 3 heteroatoms. The first-order valence-corrected chi connectivity index (χ1v) is 8.10. The van der Waals surface area contributed by atoms with Gasteiger partial charge < -0.3 is 11.1 Å². The van der Waals surface area contributed by atoms with Crippen LogP contribution in [0.2, 0.25) is 0 Å². The molecule has 108 valence electrons. The van der Waals surface area contributed by atoms with Crippen LogP contribution in [-0.2, 0) is 4.79 Å². The molecule has 0 aromatic carbocycles. The van der Waals surface area contributed by atoms with Crippen molar-refractivity contribution in [2.24, 2.45) is 35.3 Å². The second-order valence-corrected chi connectivity index (χ2v) is 7.49. The van der Waals surface area contributed by atoms with Gasteiger partial charge in [0, 0.05) is 12.1 Å². The Labute approximate surface area is 116 Å². The van der Waals surface area contributed by atoms with Gasteiger partial charge in [-0.15, -0.1) is 0 Å². The zero-order valence-corrected chi connectivity index (χ0v) is 12.3. The van der Waals surface area contributed by atoms with Gasteiger partial charge >= 0.3 is 0 Å². The number of piperidine rings is 1. The third-order valence-corrected chi connectivity index (χ3v) is 6.04. The van der Waals surface area contributed by atoms with Crippen LogP contribution in [0.3, 0.4) is 0 Å². The van der Waals surface area contributed by atoms with Crippen molar-refractivity contribution in [3.8, 4) is 0 Å². The molecule has 0 spiro atoms. The maximum Gasteiger partial charge on any atom is 0.222 e. The molecule has 2 saturated carbocycles. The quantitative estimate of drug-likeness (QED) is 0.822. The number of primary amides is 1. The van der Waals surface area contributed by atoms with Gasteiger partial charge in [0.2, 0.25) is 5.91 Å². The molecule has 2 bridgehead atoms. The van der Waals surface area contributed by atoms with Crippen molar-refractivity contribution in [1.29, 1.82) is 0 Å². The maximum absolute atomic E-state index is 11.8. The summed E-state index contributed by atoms with van der Waals surface area (Å²) in [6.07, 6.45) is 7.96. The number of amides is 1. The van der Waals surface area contributed by atoms with Crippen LogP contribution in [0.25, 0.3) is 0 Å². The van der Waals surface area contributed by atoms with E-state index in [0.29, 0.717) is 18.0 Å². The van der Waals surface area contributed by atoms with Crippen LogP contribution in [0, 0.1) is 29.6 Å². The third kappa shape index (κ3) is 2.54. The van der Waals surface area contributed by atoms with E-state index in [-0.39, 0.29) is 11.8 Å². The lowest BCUT2D eigenvalue weighted by Gasteiger charge is -2.41. The average molecular weight is 264 g/mol. The first kappa shape index (κ1) is 13.4. The standard InChI is InChI=1S/C16H28N2O/c1-9-5-10(2)18-14(15(9)16(17)19)8-13-7-11-3-4-12(13)6-11/h9-15,18H,3-8H2,1-2H3,(H2,17,19). The highest BCUT2D eigenvalue weighted by Crippen LogP contribution is 2.50. The van der Waals surface area contributed by atoms with E-state index >= 15 is 0 Å². The topological polar surface area (TPSA) is 55.1 Å². The predicted octanol–water partition coefficient (Wildman–Crippen LogP) is 2.30. The summed E-state index contributed by atoms with van der Waals surface area (Å²) in [7, 11) is 0. The number of rotatable bonds is 3. The Hall–Kier alpha value is -0.570. The zero-order valence-electron chi connectivity index (χ0n) is 12.3. The Balaban J connectivity index is 1.68. The summed E-state index contributed by atoms with van der Waals surface area (Å²) in [6, 6.07) is 0.842. The van der Waals surface area contributed by atoms with Crippen molar-refractivity contribution >= 4 is 5.91 Å². The molecule has 2 aliphatic carbocycles. The van der Waals surface area contributed by atoms with Crippen molar-refractivity contribution < 1.29 is 4.79 Å². The van der Waals surface area contributed by atoms with Crippen LogP contribution in [0.15, 0.2) is 0 Å². The highest BCUT2D eigenvalue weighted by atomic mass is 16.1. The molecule has 1 aliphatic heterocycles.